The maximum absolute atomic E-state index is 12.4. The predicted octanol–water partition coefficient (Wildman–Crippen LogP) is 2.02. The number of hydrogen-bond acceptors (Lipinski definition) is 4. The van der Waals surface area contributed by atoms with Crippen LogP contribution in [0.1, 0.15) is 46.0 Å². The Hall–Kier alpha value is -1.65. The molecule has 0 aromatic carbocycles. The van der Waals surface area contributed by atoms with Crippen molar-refractivity contribution in [2.75, 3.05) is 0 Å². The molecule has 20 heavy (non-hydrogen) atoms. The van der Waals surface area contributed by atoms with Gasteiger partial charge in [-0.25, -0.2) is 9.69 Å². The van der Waals surface area contributed by atoms with E-state index >= 15 is 0 Å². The molecule has 0 N–H and O–H groups in total. The first kappa shape index (κ1) is 14.8. The second kappa shape index (κ2) is 5.77. The largest absolute Gasteiger partial charge is 0.438 e. The van der Waals surface area contributed by atoms with Crippen LogP contribution in [0.25, 0.3) is 0 Å². The summed E-state index contributed by atoms with van der Waals surface area (Å²) >= 11 is 0. The molecule has 2 aliphatic rings. The molecule has 1 aliphatic heterocycles. The highest BCUT2D eigenvalue weighted by molar-refractivity contribution is 6.05. The van der Waals surface area contributed by atoms with Gasteiger partial charge in [0.25, 0.3) is 0 Å². The van der Waals surface area contributed by atoms with Crippen LogP contribution in [0.2, 0.25) is 0 Å². The van der Waals surface area contributed by atoms with E-state index in [-0.39, 0.29) is 29.2 Å². The number of esters is 1. The van der Waals surface area contributed by atoms with Gasteiger partial charge in [0.1, 0.15) is 0 Å². The van der Waals surface area contributed by atoms with Gasteiger partial charge in [0.2, 0.25) is 11.8 Å². The number of nitrogens with zero attached hydrogens (tertiary/aromatic N) is 1. The van der Waals surface area contributed by atoms with Crippen LogP contribution in [0.4, 0.5) is 0 Å². The summed E-state index contributed by atoms with van der Waals surface area (Å²) in [6.07, 6.45) is 3.08. The minimum absolute atomic E-state index is 0.180. The molecule has 0 aromatic heterocycles. The van der Waals surface area contributed by atoms with Crippen molar-refractivity contribution < 1.29 is 19.1 Å². The molecule has 3 unspecified atom stereocenters. The second-order valence-corrected chi connectivity index (χ2v) is 5.59. The van der Waals surface area contributed by atoms with E-state index in [0.29, 0.717) is 6.42 Å². The fourth-order valence-corrected chi connectivity index (χ4v) is 3.01. The summed E-state index contributed by atoms with van der Waals surface area (Å²) in [7, 11) is 0. The van der Waals surface area contributed by atoms with Crippen LogP contribution < -0.4 is 0 Å². The average Bonchev–Trinajstić information content (AvgIpc) is 2.69. The third-order valence-electron chi connectivity index (χ3n) is 4.10. The van der Waals surface area contributed by atoms with E-state index in [1.807, 2.05) is 0 Å². The number of fused-ring (bicyclic) bond motifs is 1. The summed E-state index contributed by atoms with van der Waals surface area (Å²) in [6, 6.07) is 0. The Kier molecular flexibility index (Phi) is 4.26. The zero-order chi connectivity index (χ0) is 14.9. The normalized spacial score (nSPS) is 27.2. The third kappa shape index (κ3) is 2.49. The number of ether oxygens (including phenoxy) is 1. The molecule has 3 atom stereocenters. The zero-order valence-electron chi connectivity index (χ0n) is 12.1. The van der Waals surface area contributed by atoms with E-state index in [1.165, 1.54) is 4.90 Å². The Morgan fingerprint density at radius 1 is 1.30 bits per heavy atom. The zero-order valence-corrected chi connectivity index (χ0v) is 12.1. The summed E-state index contributed by atoms with van der Waals surface area (Å²) < 4.78 is 5.24. The molecule has 5 nitrogen and oxygen atoms in total. The van der Waals surface area contributed by atoms with Gasteiger partial charge in [0.15, 0.2) is 6.23 Å². The Bertz CT molecular complexity index is 433. The standard InChI is InChI=1S/C15H21NO4/c1-4-12(20-15(19)9(2)3)16-13(17)10-7-5-6-8-11(10)14(16)18/h10-12H,2,4-8H2,1,3H3. The monoisotopic (exact) mass is 279 g/mol. The maximum atomic E-state index is 12.4. The lowest BCUT2D eigenvalue weighted by atomic mass is 9.81. The van der Waals surface area contributed by atoms with Gasteiger partial charge in [-0.2, -0.15) is 0 Å². The summed E-state index contributed by atoms with van der Waals surface area (Å²) in [4.78, 5) is 37.6. The Labute approximate surface area is 119 Å². The summed E-state index contributed by atoms with van der Waals surface area (Å²) in [6.45, 7) is 6.85. The van der Waals surface area contributed by atoms with Crippen LogP contribution in [-0.4, -0.2) is 28.9 Å². The topological polar surface area (TPSA) is 63.7 Å². The molecular formula is C15H21NO4. The van der Waals surface area contributed by atoms with Crippen molar-refractivity contribution in [2.45, 2.75) is 52.2 Å². The lowest BCUT2D eigenvalue weighted by Crippen LogP contribution is -2.43. The van der Waals surface area contributed by atoms with Crippen LogP contribution >= 0.6 is 0 Å². The SMILES string of the molecule is C=C(C)C(=O)OC(CC)N1C(=O)C2CCCCC2C1=O. The fraction of sp³-hybridized carbons (Fsp3) is 0.667. The van der Waals surface area contributed by atoms with Gasteiger partial charge in [-0.15, -0.1) is 0 Å². The van der Waals surface area contributed by atoms with Crippen molar-refractivity contribution in [1.82, 2.24) is 4.90 Å². The van der Waals surface area contributed by atoms with E-state index in [1.54, 1.807) is 13.8 Å². The number of rotatable bonds is 4. The van der Waals surface area contributed by atoms with Gasteiger partial charge in [0.05, 0.1) is 11.8 Å². The highest BCUT2D eigenvalue weighted by Crippen LogP contribution is 2.39. The number of hydrogen-bond donors (Lipinski definition) is 0. The van der Waals surface area contributed by atoms with Gasteiger partial charge in [0, 0.05) is 12.0 Å². The molecule has 2 rings (SSSR count). The molecule has 2 amide bonds. The number of carbonyl (C=O) groups excluding carboxylic acids is 3. The van der Waals surface area contributed by atoms with Crippen LogP contribution in [0.3, 0.4) is 0 Å². The molecule has 0 aromatic rings. The minimum Gasteiger partial charge on any atom is -0.438 e. The van der Waals surface area contributed by atoms with Crippen molar-refractivity contribution in [1.29, 1.82) is 0 Å². The lowest BCUT2D eigenvalue weighted by Gasteiger charge is -2.25. The van der Waals surface area contributed by atoms with Crippen LogP contribution in [0.5, 0.6) is 0 Å². The predicted molar refractivity (Wildman–Crippen MR) is 72.3 cm³/mol. The summed E-state index contributed by atoms with van der Waals surface area (Å²) in [5, 5.41) is 0. The second-order valence-electron chi connectivity index (χ2n) is 5.59. The molecule has 1 aliphatic carbocycles. The maximum Gasteiger partial charge on any atom is 0.335 e. The van der Waals surface area contributed by atoms with Gasteiger partial charge in [-0.1, -0.05) is 26.3 Å². The molecule has 5 heteroatoms. The number of carbonyl (C=O) groups is 3. The quantitative estimate of drug-likeness (QED) is 0.448. The van der Waals surface area contributed by atoms with Crippen molar-refractivity contribution in [3.8, 4) is 0 Å². The molecule has 1 saturated carbocycles. The third-order valence-corrected chi connectivity index (χ3v) is 4.10. The molecule has 0 spiro atoms. The van der Waals surface area contributed by atoms with Crippen molar-refractivity contribution in [3.05, 3.63) is 12.2 Å². The number of amides is 2. The molecule has 1 heterocycles. The summed E-state index contributed by atoms with van der Waals surface area (Å²) in [5.41, 5.74) is 0.264. The molecular weight excluding hydrogens is 258 g/mol. The molecule has 2 fully saturated rings. The first-order valence-corrected chi connectivity index (χ1v) is 7.20. The number of imide groups is 1. The van der Waals surface area contributed by atoms with E-state index < -0.39 is 12.2 Å². The van der Waals surface area contributed by atoms with E-state index in [9.17, 15) is 14.4 Å². The van der Waals surface area contributed by atoms with Crippen molar-refractivity contribution >= 4 is 17.8 Å². The molecule has 0 bridgehead atoms. The minimum atomic E-state index is -0.801. The van der Waals surface area contributed by atoms with E-state index in [4.69, 9.17) is 4.74 Å². The molecule has 110 valence electrons. The highest BCUT2D eigenvalue weighted by atomic mass is 16.6. The van der Waals surface area contributed by atoms with Crippen molar-refractivity contribution in [3.63, 3.8) is 0 Å². The average molecular weight is 279 g/mol. The van der Waals surface area contributed by atoms with Crippen molar-refractivity contribution in [2.24, 2.45) is 11.8 Å². The lowest BCUT2D eigenvalue weighted by molar-refractivity contribution is -0.165. The Balaban J connectivity index is 2.17. The van der Waals surface area contributed by atoms with Crippen LogP contribution in [-0.2, 0) is 19.1 Å². The van der Waals surface area contributed by atoms with Gasteiger partial charge in [-0.3, -0.25) is 9.59 Å². The summed E-state index contributed by atoms with van der Waals surface area (Å²) in [5.74, 6) is -1.35. The van der Waals surface area contributed by atoms with Crippen LogP contribution in [0, 0.1) is 11.8 Å². The molecule has 1 saturated heterocycles. The first-order chi connectivity index (χ1) is 9.47. The highest BCUT2D eigenvalue weighted by Gasteiger charge is 2.51. The first-order valence-electron chi connectivity index (χ1n) is 7.20. The Morgan fingerprint density at radius 2 is 1.80 bits per heavy atom. The number of likely N-dealkylation sites (tertiary alicyclic amines) is 1. The van der Waals surface area contributed by atoms with Gasteiger partial charge in [-0.05, 0) is 19.8 Å². The molecule has 0 radical (unpaired) electrons. The van der Waals surface area contributed by atoms with Gasteiger partial charge >= 0.3 is 5.97 Å². The van der Waals surface area contributed by atoms with E-state index in [2.05, 4.69) is 6.58 Å². The smallest absolute Gasteiger partial charge is 0.335 e. The van der Waals surface area contributed by atoms with Crippen LogP contribution in [0.15, 0.2) is 12.2 Å². The van der Waals surface area contributed by atoms with Gasteiger partial charge < -0.3 is 4.74 Å². The fourth-order valence-electron chi connectivity index (χ4n) is 3.01. The van der Waals surface area contributed by atoms with E-state index in [0.717, 1.165) is 25.7 Å². The Morgan fingerprint density at radius 3 is 2.20 bits per heavy atom.